The molecule has 276 valence electrons. The Morgan fingerprint density at radius 3 is 1.58 bits per heavy atom. The van der Waals surface area contributed by atoms with Gasteiger partial charge in [0.2, 0.25) is 0 Å². The normalized spacial score (nSPS) is 11.8. The Bertz CT molecular complexity index is 3650. The molecule has 3 heterocycles. The van der Waals surface area contributed by atoms with Gasteiger partial charge >= 0.3 is 0 Å². The van der Waals surface area contributed by atoms with Gasteiger partial charge in [0.1, 0.15) is 0 Å². The topological polar surface area (TPSA) is 22.8 Å². The predicted octanol–water partition coefficient (Wildman–Crippen LogP) is 15.3. The molecule has 59 heavy (non-hydrogen) atoms. The van der Waals surface area contributed by atoms with Gasteiger partial charge in [-0.2, -0.15) is 0 Å². The minimum absolute atomic E-state index is 1.05. The van der Waals surface area contributed by atoms with Gasteiger partial charge in [0.25, 0.3) is 0 Å². The SMILES string of the molecule is Brc1cc(-c2ccc3c(c2)c2ccccc2n3-c2cccc(-c3ccc4ccccc4c3)c2)cc(-c2ccc3c(c2)c2ccccc2n3-c2ccc3ccncc3c2)c1. The van der Waals surface area contributed by atoms with Crippen LogP contribution in [0.15, 0.2) is 211 Å². The molecule has 0 atom stereocenters. The van der Waals surface area contributed by atoms with E-state index in [4.69, 9.17) is 0 Å². The first-order valence-electron chi connectivity index (χ1n) is 19.9. The quantitative estimate of drug-likeness (QED) is 0.170. The maximum absolute atomic E-state index is 4.39. The molecule has 0 aliphatic carbocycles. The summed E-state index contributed by atoms with van der Waals surface area (Å²) in [6.45, 7) is 0. The summed E-state index contributed by atoms with van der Waals surface area (Å²) < 4.78 is 5.83. The van der Waals surface area contributed by atoms with Crippen molar-refractivity contribution in [2.45, 2.75) is 0 Å². The van der Waals surface area contributed by atoms with Crippen LogP contribution in [-0.2, 0) is 0 Å². The number of aromatic nitrogens is 3. The Balaban J connectivity index is 0.958. The third-order valence-electron chi connectivity index (χ3n) is 12.0. The van der Waals surface area contributed by atoms with Crippen molar-refractivity contribution < 1.29 is 0 Å². The molecule has 0 fully saturated rings. The second-order valence-electron chi connectivity index (χ2n) is 15.4. The highest BCUT2D eigenvalue weighted by Gasteiger charge is 2.17. The summed E-state index contributed by atoms with van der Waals surface area (Å²) in [7, 11) is 0. The van der Waals surface area contributed by atoms with Gasteiger partial charge in [-0.15, -0.1) is 0 Å². The number of fused-ring (bicyclic) bond motifs is 8. The number of pyridine rings is 1. The van der Waals surface area contributed by atoms with Crippen LogP contribution in [0.1, 0.15) is 0 Å². The van der Waals surface area contributed by atoms with Gasteiger partial charge in [0.15, 0.2) is 0 Å². The molecule has 0 spiro atoms. The molecule has 0 N–H and O–H groups in total. The first-order valence-corrected chi connectivity index (χ1v) is 20.7. The molecule has 0 aliphatic rings. The smallest absolute Gasteiger partial charge is 0.0541 e. The van der Waals surface area contributed by atoms with E-state index in [1.165, 1.54) is 87.6 Å². The summed E-state index contributed by atoms with van der Waals surface area (Å²) in [5.41, 5.74) is 14.1. The fraction of sp³-hybridized carbons (Fsp3) is 0. The van der Waals surface area contributed by atoms with Crippen LogP contribution in [0.2, 0.25) is 0 Å². The molecule has 0 saturated heterocycles. The Morgan fingerprint density at radius 2 is 0.864 bits per heavy atom. The molecule has 0 saturated carbocycles. The van der Waals surface area contributed by atoms with Crippen molar-refractivity contribution >= 4 is 81.1 Å². The molecule has 0 amide bonds. The molecule has 0 unspecified atom stereocenters. The Kier molecular flexibility index (Phi) is 7.69. The third-order valence-corrected chi connectivity index (χ3v) is 12.4. The van der Waals surface area contributed by atoms with E-state index >= 15 is 0 Å². The van der Waals surface area contributed by atoms with Gasteiger partial charge in [0.05, 0.1) is 22.1 Å². The minimum Gasteiger partial charge on any atom is -0.309 e. The maximum Gasteiger partial charge on any atom is 0.0541 e. The van der Waals surface area contributed by atoms with E-state index in [-0.39, 0.29) is 0 Å². The highest BCUT2D eigenvalue weighted by atomic mass is 79.9. The molecule has 0 bridgehead atoms. The highest BCUT2D eigenvalue weighted by Crippen LogP contribution is 2.40. The fourth-order valence-electron chi connectivity index (χ4n) is 9.19. The summed E-state index contributed by atoms with van der Waals surface area (Å²) in [6, 6.07) is 71.0. The molecular formula is C55H34BrN3. The van der Waals surface area contributed by atoms with Crippen molar-refractivity contribution in [2.24, 2.45) is 0 Å². The van der Waals surface area contributed by atoms with Crippen LogP contribution in [0.5, 0.6) is 0 Å². The van der Waals surface area contributed by atoms with Crippen molar-refractivity contribution in [2.75, 3.05) is 0 Å². The molecule has 12 aromatic rings. The van der Waals surface area contributed by atoms with E-state index in [9.17, 15) is 0 Å². The first-order chi connectivity index (χ1) is 29.1. The van der Waals surface area contributed by atoms with E-state index in [0.717, 1.165) is 26.8 Å². The molecular weight excluding hydrogens is 783 g/mol. The second kappa shape index (κ2) is 13.4. The van der Waals surface area contributed by atoms with Gasteiger partial charge in [-0.3, -0.25) is 4.98 Å². The molecule has 12 rings (SSSR count). The van der Waals surface area contributed by atoms with Crippen LogP contribution < -0.4 is 0 Å². The monoisotopic (exact) mass is 815 g/mol. The van der Waals surface area contributed by atoms with E-state index in [0.29, 0.717) is 0 Å². The zero-order valence-electron chi connectivity index (χ0n) is 31.8. The number of hydrogen-bond donors (Lipinski definition) is 0. The van der Waals surface area contributed by atoms with E-state index in [1.807, 2.05) is 12.4 Å². The van der Waals surface area contributed by atoms with Gasteiger partial charge in [-0.1, -0.05) is 119 Å². The van der Waals surface area contributed by atoms with Crippen LogP contribution in [0, 0.1) is 0 Å². The van der Waals surface area contributed by atoms with Crippen LogP contribution in [0.4, 0.5) is 0 Å². The van der Waals surface area contributed by atoms with E-state index in [2.05, 4.69) is 224 Å². The largest absolute Gasteiger partial charge is 0.309 e. The molecule has 3 nitrogen and oxygen atoms in total. The number of halogens is 1. The molecule has 0 aliphatic heterocycles. The van der Waals surface area contributed by atoms with Crippen molar-refractivity contribution in [1.29, 1.82) is 0 Å². The zero-order valence-corrected chi connectivity index (χ0v) is 33.4. The van der Waals surface area contributed by atoms with Crippen LogP contribution in [0.3, 0.4) is 0 Å². The van der Waals surface area contributed by atoms with Crippen molar-refractivity contribution in [1.82, 2.24) is 14.1 Å². The summed E-state index contributed by atoms with van der Waals surface area (Å²) in [5, 5.41) is 9.74. The lowest BCUT2D eigenvalue weighted by atomic mass is 9.97. The summed E-state index contributed by atoms with van der Waals surface area (Å²) in [6.07, 6.45) is 3.79. The van der Waals surface area contributed by atoms with Gasteiger partial charge in [-0.25, -0.2) is 0 Å². The fourth-order valence-corrected chi connectivity index (χ4v) is 9.68. The first kappa shape index (κ1) is 33.8. The zero-order chi connectivity index (χ0) is 39.0. The Morgan fingerprint density at radius 1 is 0.322 bits per heavy atom. The minimum atomic E-state index is 1.05. The average molecular weight is 817 g/mol. The summed E-state index contributed by atoms with van der Waals surface area (Å²) >= 11 is 3.90. The van der Waals surface area contributed by atoms with Gasteiger partial charge in [-0.05, 0) is 141 Å². The number of hydrogen-bond acceptors (Lipinski definition) is 1. The number of para-hydroxylation sites is 2. The molecule has 0 radical (unpaired) electrons. The van der Waals surface area contributed by atoms with Gasteiger partial charge in [0, 0.05) is 55.2 Å². The molecule has 3 aromatic heterocycles. The number of benzene rings is 9. The lowest BCUT2D eigenvalue weighted by Crippen LogP contribution is -1.94. The maximum atomic E-state index is 4.39. The van der Waals surface area contributed by atoms with E-state index < -0.39 is 0 Å². The summed E-state index contributed by atoms with van der Waals surface area (Å²) in [4.78, 5) is 4.39. The number of nitrogens with zero attached hydrogens (tertiary/aromatic N) is 3. The van der Waals surface area contributed by atoms with Crippen molar-refractivity contribution in [3.63, 3.8) is 0 Å². The van der Waals surface area contributed by atoms with Crippen LogP contribution in [-0.4, -0.2) is 14.1 Å². The molecule has 4 heteroatoms. The van der Waals surface area contributed by atoms with Gasteiger partial charge < -0.3 is 9.13 Å². The lowest BCUT2D eigenvalue weighted by molar-refractivity contribution is 1.18. The third kappa shape index (κ3) is 5.60. The predicted molar refractivity (Wildman–Crippen MR) is 252 cm³/mol. The van der Waals surface area contributed by atoms with Crippen molar-refractivity contribution in [3.05, 3.63) is 211 Å². The van der Waals surface area contributed by atoms with Crippen LogP contribution >= 0.6 is 15.9 Å². The second-order valence-corrected chi connectivity index (χ2v) is 16.3. The standard InChI is InChI=1S/C55H34BrN3/c56-45-28-42(27-43(29-45)41-20-23-55-51(33-41)49-13-4-6-15-53(49)59(55)47-21-18-36-24-25-57-34-44(36)31-47)40-19-22-54-50(32-40)48-12-3-5-14-52(48)58(54)46-11-7-10-38(30-46)39-17-16-35-8-1-2-9-37(35)26-39/h1-34H. The highest BCUT2D eigenvalue weighted by molar-refractivity contribution is 9.10. The Hall–Kier alpha value is -7.27. The van der Waals surface area contributed by atoms with Crippen LogP contribution in [0.25, 0.3) is 110 Å². The number of rotatable bonds is 5. The molecule has 9 aromatic carbocycles. The van der Waals surface area contributed by atoms with Crippen molar-refractivity contribution in [3.8, 4) is 44.8 Å². The summed E-state index contributed by atoms with van der Waals surface area (Å²) in [5.74, 6) is 0. The average Bonchev–Trinajstić information content (AvgIpc) is 3.81. The Labute approximate surface area is 349 Å². The lowest BCUT2D eigenvalue weighted by Gasteiger charge is -2.12. The van der Waals surface area contributed by atoms with E-state index in [1.54, 1.807) is 0 Å².